The Hall–Kier alpha value is -3.93. The molecule has 1 heterocycles. The van der Waals surface area contributed by atoms with Crippen molar-refractivity contribution < 1.29 is 19.0 Å². The zero-order valence-corrected chi connectivity index (χ0v) is 22.5. The summed E-state index contributed by atoms with van der Waals surface area (Å²) in [5.41, 5.74) is 5.77. The van der Waals surface area contributed by atoms with E-state index >= 15 is 0 Å². The normalized spacial score (nSPS) is 18.6. The van der Waals surface area contributed by atoms with E-state index in [0.29, 0.717) is 31.1 Å². The van der Waals surface area contributed by atoms with Crippen LogP contribution in [-0.4, -0.2) is 25.1 Å². The third kappa shape index (κ3) is 5.35. The van der Waals surface area contributed by atoms with E-state index in [4.69, 9.17) is 14.2 Å². The van der Waals surface area contributed by atoms with E-state index in [1.54, 1.807) is 0 Å². The molecule has 0 saturated carbocycles. The Morgan fingerprint density at radius 3 is 2.24 bits per heavy atom. The number of benzene rings is 3. The van der Waals surface area contributed by atoms with Crippen molar-refractivity contribution in [2.24, 2.45) is 0 Å². The van der Waals surface area contributed by atoms with Crippen LogP contribution in [0.2, 0.25) is 0 Å². The van der Waals surface area contributed by atoms with Crippen LogP contribution in [0.25, 0.3) is 0 Å². The highest BCUT2D eigenvalue weighted by Gasteiger charge is 2.36. The summed E-state index contributed by atoms with van der Waals surface area (Å²) < 4.78 is 17.5. The van der Waals surface area contributed by atoms with Crippen LogP contribution in [0.15, 0.2) is 78.0 Å². The predicted molar refractivity (Wildman–Crippen MR) is 151 cm³/mol. The number of allylic oxidation sites excluding steroid dienone is 1. The number of fused-ring (bicyclic) bond motifs is 1. The first-order valence-corrected chi connectivity index (χ1v) is 13.5. The number of para-hydroxylation sites is 2. The van der Waals surface area contributed by atoms with Crippen molar-refractivity contribution in [1.82, 2.24) is 0 Å². The number of ether oxygens (including phenoxy) is 3. The van der Waals surface area contributed by atoms with E-state index < -0.39 is 0 Å². The van der Waals surface area contributed by atoms with Crippen molar-refractivity contribution in [3.63, 3.8) is 0 Å². The van der Waals surface area contributed by atoms with E-state index in [0.717, 1.165) is 45.9 Å². The van der Waals surface area contributed by atoms with Gasteiger partial charge in [-0.1, -0.05) is 30.3 Å². The maximum atomic E-state index is 13.9. The van der Waals surface area contributed by atoms with Crippen molar-refractivity contribution in [3.05, 3.63) is 89.1 Å². The lowest BCUT2D eigenvalue weighted by Gasteiger charge is -2.30. The van der Waals surface area contributed by atoms with Gasteiger partial charge in [-0.2, -0.15) is 0 Å². The van der Waals surface area contributed by atoms with Gasteiger partial charge in [0, 0.05) is 17.7 Å². The van der Waals surface area contributed by atoms with Gasteiger partial charge in [-0.25, -0.2) is 0 Å². The monoisotopic (exact) mass is 512 g/mol. The SMILES string of the molecule is CCOc1ccc(C2Nc3ccccc3NC3=C2C(=O)CC(c2ccc(OC(C)C)cc2)C3)cc1OCC. The molecule has 0 bridgehead atoms. The topological polar surface area (TPSA) is 68.8 Å². The van der Waals surface area contributed by atoms with E-state index in [9.17, 15) is 4.79 Å². The Labute approximate surface area is 225 Å². The molecule has 2 unspecified atom stereocenters. The summed E-state index contributed by atoms with van der Waals surface area (Å²) in [5, 5.41) is 7.27. The Bertz CT molecular complexity index is 1330. The maximum absolute atomic E-state index is 13.9. The fourth-order valence-electron chi connectivity index (χ4n) is 5.32. The van der Waals surface area contributed by atoms with Gasteiger partial charge in [-0.15, -0.1) is 0 Å². The summed E-state index contributed by atoms with van der Waals surface area (Å²) in [6.07, 6.45) is 1.32. The van der Waals surface area contributed by atoms with Gasteiger partial charge >= 0.3 is 0 Å². The second-order valence-corrected chi connectivity index (χ2v) is 9.98. The molecule has 198 valence electrons. The van der Waals surface area contributed by atoms with Gasteiger partial charge in [0.05, 0.1) is 36.7 Å². The second kappa shape index (κ2) is 11.2. The van der Waals surface area contributed by atoms with Crippen LogP contribution < -0.4 is 24.8 Å². The van der Waals surface area contributed by atoms with Crippen LogP contribution in [0, 0.1) is 0 Å². The molecule has 0 spiro atoms. The average molecular weight is 513 g/mol. The van der Waals surface area contributed by atoms with Gasteiger partial charge in [-0.05, 0) is 87.6 Å². The molecule has 0 amide bonds. The van der Waals surface area contributed by atoms with Gasteiger partial charge in [0.15, 0.2) is 17.3 Å². The minimum Gasteiger partial charge on any atom is -0.491 e. The van der Waals surface area contributed by atoms with Gasteiger partial charge < -0.3 is 24.8 Å². The quantitative estimate of drug-likeness (QED) is 0.331. The van der Waals surface area contributed by atoms with Crippen LogP contribution >= 0.6 is 0 Å². The largest absolute Gasteiger partial charge is 0.491 e. The van der Waals surface area contributed by atoms with Crippen molar-refractivity contribution >= 4 is 17.2 Å². The number of carbonyl (C=O) groups is 1. The van der Waals surface area contributed by atoms with Crippen LogP contribution in [0.3, 0.4) is 0 Å². The fourth-order valence-corrected chi connectivity index (χ4v) is 5.32. The van der Waals surface area contributed by atoms with Crippen molar-refractivity contribution in [2.75, 3.05) is 23.8 Å². The molecule has 1 aliphatic heterocycles. The highest BCUT2D eigenvalue weighted by Crippen LogP contribution is 2.45. The van der Waals surface area contributed by atoms with Crippen molar-refractivity contribution in [1.29, 1.82) is 0 Å². The zero-order valence-electron chi connectivity index (χ0n) is 22.5. The van der Waals surface area contributed by atoms with Crippen LogP contribution in [0.1, 0.15) is 63.6 Å². The number of Topliss-reactive ketones (excluding diaryl/α,β-unsaturated/α-hetero) is 1. The lowest BCUT2D eigenvalue weighted by molar-refractivity contribution is -0.116. The molecule has 0 fully saturated rings. The first-order valence-electron chi connectivity index (χ1n) is 13.5. The molecule has 2 aliphatic rings. The first kappa shape index (κ1) is 25.7. The third-order valence-corrected chi connectivity index (χ3v) is 6.93. The molecule has 0 aromatic heterocycles. The highest BCUT2D eigenvalue weighted by atomic mass is 16.5. The molecule has 0 saturated heterocycles. The molecule has 38 heavy (non-hydrogen) atoms. The maximum Gasteiger partial charge on any atom is 0.163 e. The summed E-state index contributed by atoms with van der Waals surface area (Å²) in [6.45, 7) is 9.03. The Morgan fingerprint density at radius 1 is 0.842 bits per heavy atom. The van der Waals surface area contributed by atoms with Gasteiger partial charge in [0.1, 0.15) is 5.75 Å². The van der Waals surface area contributed by atoms with Crippen LogP contribution in [0.4, 0.5) is 11.4 Å². The summed E-state index contributed by atoms with van der Waals surface area (Å²) in [6, 6.07) is 21.9. The molecule has 6 nitrogen and oxygen atoms in total. The number of ketones is 1. The van der Waals surface area contributed by atoms with Gasteiger partial charge in [0.25, 0.3) is 0 Å². The Kier molecular flexibility index (Phi) is 7.59. The van der Waals surface area contributed by atoms with Crippen LogP contribution in [-0.2, 0) is 4.79 Å². The van der Waals surface area contributed by atoms with E-state index in [-0.39, 0.29) is 23.8 Å². The second-order valence-electron chi connectivity index (χ2n) is 9.98. The third-order valence-electron chi connectivity index (χ3n) is 6.93. The van der Waals surface area contributed by atoms with E-state index in [1.165, 1.54) is 0 Å². The molecule has 3 aromatic rings. The molecule has 1 aliphatic carbocycles. The molecule has 3 aromatic carbocycles. The van der Waals surface area contributed by atoms with Gasteiger partial charge in [0.2, 0.25) is 0 Å². The number of hydrogen-bond donors (Lipinski definition) is 2. The number of rotatable bonds is 8. The molecular weight excluding hydrogens is 476 g/mol. The molecule has 2 atom stereocenters. The summed E-state index contributed by atoms with van der Waals surface area (Å²) in [7, 11) is 0. The smallest absolute Gasteiger partial charge is 0.163 e. The predicted octanol–water partition coefficient (Wildman–Crippen LogP) is 7.25. The zero-order chi connectivity index (χ0) is 26.6. The lowest BCUT2D eigenvalue weighted by atomic mass is 9.78. The van der Waals surface area contributed by atoms with E-state index in [1.807, 2.05) is 82.3 Å². The van der Waals surface area contributed by atoms with E-state index in [2.05, 4.69) is 22.8 Å². The van der Waals surface area contributed by atoms with Gasteiger partial charge in [-0.3, -0.25) is 4.79 Å². The molecule has 6 heteroatoms. The minimum atomic E-state index is -0.314. The highest BCUT2D eigenvalue weighted by molar-refractivity contribution is 6.01. The number of carbonyl (C=O) groups excluding carboxylic acids is 1. The standard InChI is InChI=1S/C32H36N2O4/c1-5-36-29-16-13-22(19-30(29)37-6-2)32-31-27(33-25-9-7-8-10-26(25)34-32)17-23(18-28(31)35)21-11-14-24(15-12-21)38-20(3)4/h7-16,19-20,23,32-34H,5-6,17-18H2,1-4H3. The Morgan fingerprint density at radius 2 is 1.53 bits per heavy atom. The Balaban J connectivity index is 1.53. The summed E-state index contributed by atoms with van der Waals surface area (Å²) in [4.78, 5) is 13.9. The molecule has 2 N–H and O–H groups in total. The summed E-state index contributed by atoms with van der Waals surface area (Å²) in [5.74, 6) is 2.47. The molecular formula is C32H36N2O4. The first-order chi connectivity index (χ1) is 18.5. The summed E-state index contributed by atoms with van der Waals surface area (Å²) >= 11 is 0. The number of hydrogen-bond acceptors (Lipinski definition) is 6. The number of nitrogens with one attached hydrogen (secondary N) is 2. The number of anilines is 2. The fraction of sp³-hybridized carbons (Fsp3) is 0.344. The molecule has 5 rings (SSSR count). The van der Waals surface area contributed by atoms with Crippen molar-refractivity contribution in [3.8, 4) is 17.2 Å². The average Bonchev–Trinajstić information content (AvgIpc) is 3.07. The lowest BCUT2D eigenvalue weighted by Crippen LogP contribution is -2.27. The molecule has 0 radical (unpaired) electrons. The van der Waals surface area contributed by atoms with Crippen molar-refractivity contribution in [2.45, 2.75) is 58.6 Å². The van der Waals surface area contributed by atoms with Crippen LogP contribution in [0.5, 0.6) is 17.2 Å². The minimum absolute atomic E-state index is 0.0899.